The van der Waals surface area contributed by atoms with Crippen molar-refractivity contribution in [1.29, 1.82) is 0 Å². The summed E-state index contributed by atoms with van der Waals surface area (Å²) in [7, 11) is -3.78. The number of sulfonamides is 1. The van der Waals surface area contributed by atoms with Crippen LogP contribution in [0.3, 0.4) is 0 Å². The Balaban J connectivity index is 4.35. The maximum absolute atomic E-state index is 10.5. The highest BCUT2D eigenvalue weighted by molar-refractivity contribution is 7.92. The van der Waals surface area contributed by atoms with Gasteiger partial charge >= 0.3 is 0 Å². The van der Waals surface area contributed by atoms with Crippen LogP contribution in [0.4, 0.5) is 0 Å². The lowest BCUT2D eigenvalue weighted by Gasteiger charge is -1.89. The topological polar surface area (TPSA) is 92.7 Å². The van der Waals surface area contributed by atoms with Gasteiger partial charge in [0.25, 0.3) is 10.0 Å². The molecule has 6 nitrogen and oxygen atoms in total. The lowest BCUT2D eigenvalue weighted by molar-refractivity contribution is -0.108. The summed E-state index contributed by atoms with van der Waals surface area (Å²) in [6.45, 7) is 0. The molecule has 11 heavy (non-hydrogen) atoms. The number of nitrogens with zero attached hydrogens (tertiary/aromatic N) is 1. The Morgan fingerprint density at radius 3 is 2.55 bits per heavy atom. The standard InChI is InChI=1S/C4H4N2O4S/c7-3-5-1-2-11(9,10)6-4-8/h1-2,4H,(H,6,8). The first kappa shape index (κ1) is 9.54. The van der Waals surface area contributed by atoms with Crippen molar-refractivity contribution in [3.8, 4) is 0 Å². The lowest BCUT2D eigenvalue weighted by Crippen LogP contribution is -2.18. The van der Waals surface area contributed by atoms with Gasteiger partial charge in [-0.05, 0) is 0 Å². The Bertz CT molecular complexity index is 298. The third-order valence-corrected chi connectivity index (χ3v) is 1.48. The van der Waals surface area contributed by atoms with Crippen molar-refractivity contribution in [2.45, 2.75) is 0 Å². The summed E-state index contributed by atoms with van der Waals surface area (Å²) in [5, 5.41) is 0.562. The third-order valence-electron chi connectivity index (χ3n) is 0.580. The molecular weight excluding hydrogens is 172 g/mol. The van der Waals surface area contributed by atoms with Crippen LogP contribution >= 0.6 is 0 Å². The van der Waals surface area contributed by atoms with Crippen LogP contribution in [0.1, 0.15) is 0 Å². The predicted octanol–water partition coefficient (Wildman–Crippen LogP) is -1.13. The van der Waals surface area contributed by atoms with E-state index in [1.54, 1.807) is 0 Å². The average Bonchev–Trinajstić information content (AvgIpc) is 1.87. The van der Waals surface area contributed by atoms with E-state index in [0.717, 1.165) is 6.08 Å². The molecule has 0 aliphatic rings. The van der Waals surface area contributed by atoms with Crippen LogP contribution < -0.4 is 4.72 Å². The van der Waals surface area contributed by atoms with Crippen molar-refractivity contribution in [2.24, 2.45) is 4.99 Å². The summed E-state index contributed by atoms with van der Waals surface area (Å²) in [5.41, 5.74) is 0. The molecule has 0 aromatic heterocycles. The lowest BCUT2D eigenvalue weighted by atomic mass is 11.0. The van der Waals surface area contributed by atoms with Crippen molar-refractivity contribution in [3.63, 3.8) is 0 Å². The molecule has 0 radical (unpaired) electrons. The van der Waals surface area contributed by atoms with Gasteiger partial charge in [-0.25, -0.2) is 13.2 Å². The molecule has 0 unspecified atom stereocenters. The highest BCUT2D eigenvalue weighted by atomic mass is 32.2. The molecule has 0 fully saturated rings. The van der Waals surface area contributed by atoms with Crippen LogP contribution in [-0.4, -0.2) is 20.9 Å². The molecule has 0 aromatic carbocycles. The third kappa shape index (κ3) is 5.01. The number of isocyanates is 1. The molecule has 0 saturated carbocycles. The number of aliphatic imine (C=N–C) groups is 1. The van der Waals surface area contributed by atoms with Crippen molar-refractivity contribution >= 4 is 22.5 Å². The van der Waals surface area contributed by atoms with Gasteiger partial charge in [0.15, 0.2) is 0 Å². The zero-order valence-corrected chi connectivity index (χ0v) is 6.04. The first-order valence-corrected chi connectivity index (χ1v) is 3.86. The van der Waals surface area contributed by atoms with Crippen LogP contribution in [0, 0.1) is 0 Å². The SMILES string of the molecule is O=C=NC=CS(=O)(=O)NC=O. The van der Waals surface area contributed by atoms with Gasteiger partial charge in [0.2, 0.25) is 12.5 Å². The first-order chi connectivity index (χ1) is 5.12. The van der Waals surface area contributed by atoms with E-state index in [4.69, 9.17) is 0 Å². The number of hydrogen-bond donors (Lipinski definition) is 1. The maximum atomic E-state index is 10.5. The second kappa shape index (κ2) is 4.37. The highest BCUT2D eigenvalue weighted by Crippen LogP contribution is 1.83. The smallest absolute Gasteiger partial charge is 0.258 e. The van der Waals surface area contributed by atoms with Crippen LogP contribution in [-0.2, 0) is 19.6 Å². The van der Waals surface area contributed by atoms with E-state index >= 15 is 0 Å². The Labute approximate surface area is 62.7 Å². The van der Waals surface area contributed by atoms with Gasteiger partial charge < -0.3 is 0 Å². The molecule has 0 atom stereocenters. The minimum absolute atomic E-state index is 0.00426. The van der Waals surface area contributed by atoms with Crippen LogP contribution in [0.2, 0.25) is 0 Å². The van der Waals surface area contributed by atoms with E-state index in [1.807, 2.05) is 0 Å². The molecule has 0 spiro atoms. The fourth-order valence-electron chi connectivity index (χ4n) is 0.247. The molecule has 0 heterocycles. The fraction of sp³-hybridized carbons (Fsp3) is 0. The monoisotopic (exact) mass is 176 g/mol. The minimum Gasteiger partial charge on any atom is -0.278 e. The van der Waals surface area contributed by atoms with Crippen molar-refractivity contribution in [3.05, 3.63) is 11.6 Å². The molecule has 0 aliphatic carbocycles. The Morgan fingerprint density at radius 1 is 1.45 bits per heavy atom. The molecule has 0 aliphatic heterocycles. The molecule has 0 bridgehead atoms. The van der Waals surface area contributed by atoms with E-state index in [9.17, 15) is 18.0 Å². The molecule has 0 saturated heterocycles. The summed E-state index contributed by atoms with van der Waals surface area (Å²) in [6, 6.07) is 0. The first-order valence-electron chi connectivity index (χ1n) is 2.32. The van der Waals surface area contributed by atoms with Gasteiger partial charge in [0.1, 0.15) is 0 Å². The average molecular weight is 176 g/mol. The van der Waals surface area contributed by atoms with Crippen LogP contribution in [0.5, 0.6) is 0 Å². The van der Waals surface area contributed by atoms with Gasteiger partial charge in [-0.1, -0.05) is 0 Å². The van der Waals surface area contributed by atoms with Gasteiger partial charge in [-0.15, -0.1) is 0 Å². The maximum Gasteiger partial charge on any atom is 0.258 e. The summed E-state index contributed by atoms with van der Waals surface area (Å²) in [4.78, 5) is 21.9. The summed E-state index contributed by atoms with van der Waals surface area (Å²) < 4.78 is 22.5. The van der Waals surface area contributed by atoms with Gasteiger partial charge in [0, 0.05) is 0 Å². The quantitative estimate of drug-likeness (QED) is 0.333. The highest BCUT2D eigenvalue weighted by Gasteiger charge is 1.99. The number of carbonyl (C=O) groups excluding carboxylic acids is 2. The zero-order chi connectivity index (χ0) is 8.74. The fourth-order valence-corrected chi connectivity index (χ4v) is 0.681. The normalized spacial score (nSPS) is 10.5. The van der Waals surface area contributed by atoms with Crippen LogP contribution in [0.15, 0.2) is 16.6 Å². The van der Waals surface area contributed by atoms with Crippen molar-refractivity contribution in [1.82, 2.24) is 4.72 Å². The minimum atomic E-state index is -3.78. The summed E-state index contributed by atoms with van der Waals surface area (Å²) in [5.74, 6) is 0. The van der Waals surface area contributed by atoms with E-state index < -0.39 is 10.0 Å². The summed E-state index contributed by atoms with van der Waals surface area (Å²) >= 11 is 0. The number of amides is 1. The molecule has 60 valence electrons. The number of nitrogens with one attached hydrogen (secondary N) is 1. The van der Waals surface area contributed by atoms with E-state index in [2.05, 4.69) is 4.99 Å². The Hall–Kier alpha value is -1.46. The van der Waals surface area contributed by atoms with E-state index in [1.165, 1.54) is 4.72 Å². The molecule has 0 aromatic rings. The van der Waals surface area contributed by atoms with Gasteiger partial charge in [0.05, 0.1) is 11.6 Å². The largest absolute Gasteiger partial charge is 0.278 e. The molecular formula is C4H4N2O4S. The predicted molar refractivity (Wildman–Crippen MR) is 35.4 cm³/mol. The van der Waals surface area contributed by atoms with Gasteiger partial charge in [-0.3, -0.25) is 9.52 Å². The molecule has 1 N–H and O–H groups in total. The second-order valence-corrected chi connectivity index (χ2v) is 2.88. The van der Waals surface area contributed by atoms with Crippen molar-refractivity contribution in [2.75, 3.05) is 0 Å². The van der Waals surface area contributed by atoms with Crippen LogP contribution in [0.25, 0.3) is 0 Å². The Kier molecular flexibility index (Phi) is 3.79. The number of hydrogen-bond acceptors (Lipinski definition) is 5. The number of carbonyl (C=O) groups is 1. The number of rotatable bonds is 4. The Morgan fingerprint density at radius 2 is 2.09 bits per heavy atom. The van der Waals surface area contributed by atoms with Gasteiger partial charge in [-0.2, -0.15) is 4.99 Å². The summed E-state index contributed by atoms with van der Waals surface area (Å²) in [6.07, 6.45) is 1.80. The second-order valence-electron chi connectivity index (χ2n) is 1.29. The molecule has 7 heteroatoms. The zero-order valence-electron chi connectivity index (χ0n) is 5.22. The van der Waals surface area contributed by atoms with E-state index in [-0.39, 0.29) is 6.41 Å². The van der Waals surface area contributed by atoms with E-state index in [0.29, 0.717) is 11.6 Å². The van der Waals surface area contributed by atoms with Crippen molar-refractivity contribution < 1.29 is 18.0 Å². The molecule has 0 rings (SSSR count). The molecule has 1 amide bonds.